The number of carbonyl (C=O) groups is 1. The Bertz CT molecular complexity index is 1260. The summed E-state index contributed by atoms with van der Waals surface area (Å²) < 4.78 is 11.1. The zero-order valence-corrected chi connectivity index (χ0v) is 19.3. The van der Waals surface area contributed by atoms with Gasteiger partial charge in [0.15, 0.2) is 12.4 Å². The number of rotatable bonds is 7. The van der Waals surface area contributed by atoms with Crippen molar-refractivity contribution in [1.82, 2.24) is 10.2 Å². The molecule has 1 N–H and O–H groups in total. The fraction of sp³-hybridized carbons (Fsp3) is 0.179. The normalized spacial score (nSPS) is 13.3. The standard InChI is InChI=1S/C28H26N4O3/c33-28(20-35-25-11-9-22(10-12-25)21-5-2-1-3-6-21)29-24-8-4-7-23(19-24)26-13-14-27(31-30-26)32-15-17-34-18-16-32/h1-14,19H,15-18,20H2,(H,29,33). The van der Waals surface area contributed by atoms with E-state index in [1.807, 2.05) is 78.9 Å². The molecule has 4 aromatic rings. The molecule has 1 fully saturated rings. The number of aromatic nitrogens is 2. The molecule has 7 heteroatoms. The van der Waals surface area contributed by atoms with Crippen LogP contribution in [-0.2, 0) is 9.53 Å². The Labute approximate surface area is 204 Å². The van der Waals surface area contributed by atoms with Crippen molar-refractivity contribution in [3.63, 3.8) is 0 Å². The minimum Gasteiger partial charge on any atom is -0.484 e. The molecule has 0 saturated carbocycles. The minimum atomic E-state index is -0.233. The Balaban J connectivity index is 1.17. The SMILES string of the molecule is O=C(COc1ccc(-c2ccccc2)cc1)Nc1cccc(-c2ccc(N3CCOCC3)nn2)c1. The molecule has 3 aromatic carbocycles. The van der Waals surface area contributed by atoms with Gasteiger partial charge in [-0.2, -0.15) is 0 Å². The third-order valence-corrected chi connectivity index (χ3v) is 5.76. The number of benzene rings is 3. The molecule has 0 unspecified atom stereocenters. The van der Waals surface area contributed by atoms with Crippen LogP contribution < -0.4 is 15.0 Å². The van der Waals surface area contributed by atoms with Gasteiger partial charge in [0.05, 0.1) is 18.9 Å². The van der Waals surface area contributed by atoms with Gasteiger partial charge in [-0.1, -0.05) is 54.6 Å². The van der Waals surface area contributed by atoms with Crippen LogP contribution in [0.15, 0.2) is 91.0 Å². The van der Waals surface area contributed by atoms with E-state index in [0.717, 1.165) is 41.3 Å². The first kappa shape index (κ1) is 22.6. The number of carbonyl (C=O) groups excluding carboxylic acids is 1. The van der Waals surface area contributed by atoms with Crippen molar-refractivity contribution in [1.29, 1.82) is 0 Å². The second kappa shape index (κ2) is 10.8. The minimum absolute atomic E-state index is 0.0804. The average Bonchev–Trinajstić information content (AvgIpc) is 2.93. The Kier molecular flexibility index (Phi) is 6.96. The lowest BCUT2D eigenvalue weighted by atomic mass is 10.1. The van der Waals surface area contributed by atoms with Crippen molar-refractivity contribution >= 4 is 17.4 Å². The van der Waals surface area contributed by atoms with Gasteiger partial charge in [-0.05, 0) is 47.5 Å². The molecule has 1 aromatic heterocycles. The van der Waals surface area contributed by atoms with Crippen LogP contribution in [-0.4, -0.2) is 49.0 Å². The highest BCUT2D eigenvalue weighted by Crippen LogP contribution is 2.23. The van der Waals surface area contributed by atoms with E-state index in [-0.39, 0.29) is 12.5 Å². The Morgan fingerprint density at radius 2 is 1.57 bits per heavy atom. The van der Waals surface area contributed by atoms with Crippen molar-refractivity contribution < 1.29 is 14.3 Å². The molecule has 0 radical (unpaired) electrons. The summed E-state index contributed by atoms with van der Waals surface area (Å²) >= 11 is 0. The molecule has 1 amide bonds. The van der Waals surface area contributed by atoms with Crippen molar-refractivity contribution in [3.8, 4) is 28.1 Å². The smallest absolute Gasteiger partial charge is 0.262 e. The van der Waals surface area contributed by atoms with Gasteiger partial charge in [-0.25, -0.2) is 0 Å². The van der Waals surface area contributed by atoms with Gasteiger partial charge >= 0.3 is 0 Å². The van der Waals surface area contributed by atoms with Crippen molar-refractivity contribution in [3.05, 3.63) is 91.0 Å². The van der Waals surface area contributed by atoms with E-state index in [9.17, 15) is 4.79 Å². The molecule has 0 aliphatic carbocycles. The summed E-state index contributed by atoms with van der Waals surface area (Å²) in [6.07, 6.45) is 0. The number of amides is 1. The van der Waals surface area contributed by atoms with Crippen LogP contribution in [0.25, 0.3) is 22.4 Å². The van der Waals surface area contributed by atoms with E-state index in [2.05, 4.69) is 32.5 Å². The van der Waals surface area contributed by atoms with Crippen LogP contribution in [0.2, 0.25) is 0 Å². The van der Waals surface area contributed by atoms with E-state index in [1.54, 1.807) is 0 Å². The second-order valence-electron chi connectivity index (χ2n) is 8.18. The maximum absolute atomic E-state index is 12.5. The van der Waals surface area contributed by atoms with Crippen LogP contribution in [0.4, 0.5) is 11.5 Å². The average molecular weight is 467 g/mol. The molecule has 5 rings (SSSR count). The molecule has 1 saturated heterocycles. The summed E-state index contributed by atoms with van der Waals surface area (Å²) in [7, 11) is 0. The van der Waals surface area contributed by atoms with Gasteiger partial charge in [0.1, 0.15) is 5.75 Å². The molecule has 176 valence electrons. The number of ether oxygens (including phenoxy) is 2. The first-order valence-electron chi connectivity index (χ1n) is 11.6. The maximum Gasteiger partial charge on any atom is 0.262 e. The van der Waals surface area contributed by atoms with Gasteiger partial charge < -0.3 is 19.7 Å². The molecule has 1 aliphatic heterocycles. The summed E-state index contributed by atoms with van der Waals surface area (Å²) in [5.74, 6) is 1.25. The summed E-state index contributed by atoms with van der Waals surface area (Å²) in [5.41, 5.74) is 4.53. The summed E-state index contributed by atoms with van der Waals surface area (Å²) in [4.78, 5) is 14.6. The fourth-order valence-electron chi connectivity index (χ4n) is 3.92. The van der Waals surface area contributed by atoms with E-state index in [1.165, 1.54) is 0 Å². The number of hydrogen-bond acceptors (Lipinski definition) is 6. The van der Waals surface area contributed by atoms with E-state index < -0.39 is 0 Å². The van der Waals surface area contributed by atoms with Crippen LogP contribution in [0.5, 0.6) is 5.75 Å². The lowest BCUT2D eigenvalue weighted by molar-refractivity contribution is -0.118. The van der Waals surface area contributed by atoms with Crippen LogP contribution >= 0.6 is 0 Å². The Morgan fingerprint density at radius 3 is 2.31 bits per heavy atom. The van der Waals surface area contributed by atoms with Crippen molar-refractivity contribution in [2.24, 2.45) is 0 Å². The molecule has 0 spiro atoms. The molecule has 0 bridgehead atoms. The first-order valence-corrected chi connectivity index (χ1v) is 11.6. The van der Waals surface area contributed by atoms with E-state index >= 15 is 0 Å². The van der Waals surface area contributed by atoms with Crippen LogP contribution in [0.3, 0.4) is 0 Å². The molecule has 1 aliphatic rings. The summed E-state index contributed by atoms with van der Waals surface area (Å²) in [6.45, 7) is 2.95. The number of nitrogens with zero attached hydrogens (tertiary/aromatic N) is 3. The number of hydrogen-bond donors (Lipinski definition) is 1. The number of anilines is 2. The van der Waals surface area contributed by atoms with Gasteiger partial charge in [0, 0.05) is 24.3 Å². The van der Waals surface area contributed by atoms with Gasteiger partial charge in [0.2, 0.25) is 0 Å². The predicted molar refractivity (Wildman–Crippen MR) is 137 cm³/mol. The lowest BCUT2D eigenvalue weighted by Gasteiger charge is -2.27. The number of morpholine rings is 1. The monoisotopic (exact) mass is 466 g/mol. The fourth-order valence-corrected chi connectivity index (χ4v) is 3.92. The third kappa shape index (κ3) is 5.83. The van der Waals surface area contributed by atoms with Gasteiger partial charge in [-0.3, -0.25) is 4.79 Å². The van der Waals surface area contributed by atoms with Crippen molar-refractivity contribution in [2.45, 2.75) is 0 Å². The highest BCUT2D eigenvalue weighted by Gasteiger charge is 2.13. The van der Waals surface area contributed by atoms with Crippen molar-refractivity contribution in [2.75, 3.05) is 43.1 Å². The summed E-state index contributed by atoms with van der Waals surface area (Å²) in [5, 5.41) is 11.6. The van der Waals surface area contributed by atoms with Gasteiger partial charge in [0.25, 0.3) is 5.91 Å². The maximum atomic E-state index is 12.5. The Hall–Kier alpha value is -4.23. The number of nitrogens with one attached hydrogen (secondary N) is 1. The van der Waals surface area contributed by atoms with E-state index in [4.69, 9.17) is 9.47 Å². The molecular formula is C28H26N4O3. The largest absolute Gasteiger partial charge is 0.484 e. The second-order valence-corrected chi connectivity index (χ2v) is 8.18. The molecule has 0 atom stereocenters. The third-order valence-electron chi connectivity index (χ3n) is 5.76. The highest BCUT2D eigenvalue weighted by molar-refractivity contribution is 5.92. The Morgan fingerprint density at radius 1 is 0.829 bits per heavy atom. The molecule has 35 heavy (non-hydrogen) atoms. The van der Waals surface area contributed by atoms with Crippen LogP contribution in [0, 0.1) is 0 Å². The molecular weight excluding hydrogens is 440 g/mol. The first-order chi connectivity index (χ1) is 17.2. The van der Waals surface area contributed by atoms with Gasteiger partial charge in [-0.15, -0.1) is 10.2 Å². The van der Waals surface area contributed by atoms with Crippen LogP contribution in [0.1, 0.15) is 0 Å². The lowest BCUT2D eigenvalue weighted by Crippen LogP contribution is -2.36. The summed E-state index contributed by atoms with van der Waals surface area (Å²) in [6, 6.07) is 29.3. The zero-order valence-electron chi connectivity index (χ0n) is 19.3. The topological polar surface area (TPSA) is 76.6 Å². The quantitative estimate of drug-likeness (QED) is 0.427. The molecule has 2 heterocycles. The molecule has 7 nitrogen and oxygen atoms in total. The zero-order chi connectivity index (χ0) is 23.9. The highest BCUT2D eigenvalue weighted by atomic mass is 16.5. The van der Waals surface area contributed by atoms with E-state index in [0.29, 0.717) is 24.7 Å². The predicted octanol–water partition coefficient (Wildman–Crippen LogP) is 4.66.